The Kier molecular flexibility index (Phi) is 6.50. The summed E-state index contributed by atoms with van der Waals surface area (Å²) in [6.07, 6.45) is 11.6. The molecule has 1 aliphatic rings. The molecule has 2 heterocycles. The van der Waals surface area contributed by atoms with E-state index in [-0.39, 0.29) is 0 Å². The quantitative estimate of drug-likeness (QED) is 0.412. The maximum Gasteiger partial charge on any atom is 0.196 e. The molecule has 152 valence electrons. The third kappa shape index (κ3) is 4.74. The van der Waals surface area contributed by atoms with E-state index in [0.29, 0.717) is 11.9 Å². The lowest BCUT2D eigenvalue weighted by atomic mass is 10.1. The second kappa shape index (κ2) is 9.64. The fraction of sp³-hybridized carbons (Fsp3) is 0.292. The van der Waals surface area contributed by atoms with Gasteiger partial charge in [0.15, 0.2) is 11.0 Å². The van der Waals surface area contributed by atoms with Crippen molar-refractivity contribution in [3.8, 4) is 23.3 Å². The molecule has 5 nitrogen and oxygen atoms in total. The first-order valence-corrected chi connectivity index (χ1v) is 11.0. The van der Waals surface area contributed by atoms with Crippen LogP contribution in [0.3, 0.4) is 0 Å². The summed E-state index contributed by atoms with van der Waals surface area (Å²) < 4.78 is 8.10. The maximum absolute atomic E-state index is 6.06. The number of allylic oxidation sites excluding steroid dienone is 1. The summed E-state index contributed by atoms with van der Waals surface area (Å²) >= 11 is 1.74. The summed E-state index contributed by atoms with van der Waals surface area (Å²) in [4.78, 5) is 4.27. The lowest BCUT2D eigenvalue weighted by Crippen LogP contribution is -2.09. The first-order valence-electron chi connectivity index (χ1n) is 10.1. The second-order valence-electron chi connectivity index (χ2n) is 7.10. The molecule has 2 aromatic heterocycles. The lowest BCUT2D eigenvalue weighted by Gasteiger charge is -2.16. The van der Waals surface area contributed by atoms with Crippen molar-refractivity contribution in [1.82, 2.24) is 19.7 Å². The van der Waals surface area contributed by atoms with E-state index in [4.69, 9.17) is 4.74 Å². The molecule has 4 rings (SSSR count). The van der Waals surface area contributed by atoms with E-state index in [1.165, 1.54) is 6.42 Å². The molecule has 0 aliphatic heterocycles. The van der Waals surface area contributed by atoms with Crippen molar-refractivity contribution >= 4 is 11.8 Å². The van der Waals surface area contributed by atoms with Gasteiger partial charge in [-0.15, -0.1) is 16.1 Å². The minimum atomic E-state index is 0.321. The highest BCUT2D eigenvalue weighted by Crippen LogP contribution is 2.31. The van der Waals surface area contributed by atoms with Crippen LogP contribution in [0, 0.1) is 18.8 Å². The van der Waals surface area contributed by atoms with Crippen LogP contribution in [-0.2, 0) is 6.61 Å². The highest BCUT2D eigenvalue weighted by molar-refractivity contribution is 7.99. The van der Waals surface area contributed by atoms with Crippen LogP contribution in [0.1, 0.15) is 43.1 Å². The van der Waals surface area contributed by atoms with Crippen molar-refractivity contribution < 1.29 is 4.74 Å². The van der Waals surface area contributed by atoms with Crippen LogP contribution >= 0.6 is 11.8 Å². The monoisotopic (exact) mass is 416 g/mol. The molecule has 0 saturated carbocycles. The number of ether oxygens (including phenoxy) is 1. The number of aryl methyl sites for hydroxylation is 1. The Morgan fingerprint density at radius 2 is 2.20 bits per heavy atom. The van der Waals surface area contributed by atoms with Gasteiger partial charge in [0.1, 0.15) is 12.4 Å². The summed E-state index contributed by atoms with van der Waals surface area (Å²) in [5, 5.41) is 10.2. The average Bonchev–Trinajstić information content (AvgIpc) is 3.18. The maximum atomic E-state index is 6.06. The number of pyridine rings is 1. The predicted octanol–water partition coefficient (Wildman–Crippen LogP) is 5.12. The summed E-state index contributed by atoms with van der Waals surface area (Å²) in [5.41, 5.74) is 3.05. The van der Waals surface area contributed by atoms with Gasteiger partial charge in [-0.05, 0) is 69.0 Å². The van der Waals surface area contributed by atoms with E-state index in [9.17, 15) is 0 Å². The van der Waals surface area contributed by atoms with E-state index in [0.717, 1.165) is 46.4 Å². The van der Waals surface area contributed by atoms with Gasteiger partial charge >= 0.3 is 0 Å². The van der Waals surface area contributed by atoms with E-state index in [2.05, 4.69) is 39.2 Å². The van der Waals surface area contributed by atoms with Crippen molar-refractivity contribution in [2.24, 2.45) is 0 Å². The number of aromatic nitrogens is 4. The van der Waals surface area contributed by atoms with Gasteiger partial charge in [-0.3, -0.25) is 9.55 Å². The standard InChI is InChI=1S/C24H24N4OS/c1-3-8-19-12-13-21(15-18(19)2)29-17-23-26-27-24(30-22-10-5-4-6-11-22)28(23)20-9-7-14-25-16-20/h5,7,9-10,12-16,22H,4,6,11,17H2,1-2H3. The van der Waals surface area contributed by atoms with Crippen LogP contribution in [-0.4, -0.2) is 25.0 Å². The van der Waals surface area contributed by atoms with Crippen molar-refractivity contribution in [3.05, 3.63) is 71.8 Å². The van der Waals surface area contributed by atoms with Crippen LogP contribution < -0.4 is 4.74 Å². The van der Waals surface area contributed by atoms with Gasteiger partial charge in [0, 0.05) is 17.0 Å². The fourth-order valence-electron chi connectivity index (χ4n) is 3.38. The molecule has 0 amide bonds. The number of hydrogen-bond acceptors (Lipinski definition) is 5. The molecule has 1 aliphatic carbocycles. The molecule has 6 heteroatoms. The second-order valence-corrected chi connectivity index (χ2v) is 8.31. The normalized spacial score (nSPS) is 15.5. The molecule has 1 atom stereocenters. The van der Waals surface area contributed by atoms with E-state index < -0.39 is 0 Å². The number of nitrogens with zero attached hydrogens (tertiary/aromatic N) is 4. The van der Waals surface area contributed by atoms with Gasteiger partial charge < -0.3 is 4.74 Å². The molecule has 0 N–H and O–H groups in total. The third-order valence-electron chi connectivity index (χ3n) is 4.90. The number of hydrogen-bond donors (Lipinski definition) is 0. The predicted molar refractivity (Wildman–Crippen MR) is 120 cm³/mol. The summed E-state index contributed by atoms with van der Waals surface area (Å²) in [5.74, 6) is 7.58. The molecule has 0 saturated heterocycles. The van der Waals surface area contributed by atoms with Crippen molar-refractivity contribution in [2.45, 2.75) is 50.1 Å². The Balaban J connectivity index is 1.58. The number of benzene rings is 1. The Morgan fingerprint density at radius 1 is 1.27 bits per heavy atom. The van der Waals surface area contributed by atoms with Crippen molar-refractivity contribution in [2.75, 3.05) is 0 Å². The van der Waals surface area contributed by atoms with Gasteiger partial charge in [0.05, 0.1) is 11.9 Å². The van der Waals surface area contributed by atoms with Crippen LogP contribution in [0.4, 0.5) is 0 Å². The SMILES string of the molecule is CC#Cc1ccc(OCc2nnc(SC3C=CCCC3)n2-c2cccnc2)cc1C. The molecule has 30 heavy (non-hydrogen) atoms. The molecule has 1 aromatic carbocycles. The molecule has 0 bridgehead atoms. The average molecular weight is 417 g/mol. The van der Waals surface area contributed by atoms with Crippen molar-refractivity contribution in [3.63, 3.8) is 0 Å². The van der Waals surface area contributed by atoms with Gasteiger partial charge in [-0.1, -0.05) is 29.8 Å². The minimum absolute atomic E-state index is 0.321. The van der Waals surface area contributed by atoms with E-state index in [1.807, 2.05) is 54.9 Å². The largest absolute Gasteiger partial charge is 0.486 e. The summed E-state index contributed by atoms with van der Waals surface area (Å²) in [7, 11) is 0. The Hall–Kier alpha value is -3.04. The zero-order valence-corrected chi connectivity index (χ0v) is 18.0. The Bertz CT molecular complexity index is 1100. The number of rotatable bonds is 6. The van der Waals surface area contributed by atoms with Gasteiger partial charge in [0.25, 0.3) is 0 Å². The van der Waals surface area contributed by atoms with Crippen LogP contribution in [0.15, 0.2) is 60.0 Å². The summed E-state index contributed by atoms with van der Waals surface area (Å²) in [6.45, 7) is 4.20. The van der Waals surface area contributed by atoms with Crippen LogP contribution in [0.2, 0.25) is 0 Å². The zero-order valence-electron chi connectivity index (χ0n) is 17.2. The molecule has 3 aromatic rings. The first kappa shape index (κ1) is 20.2. The fourth-order valence-corrected chi connectivity index (χ4v) is 4.53. The topological polar surface area (TPSA) is 52.8 Å². The molecule has 1 unspecified atom stereocenters. The number of thioether (sulfide) groups is 1. The highest BCUT2D eigenvalue weighted by atomic mass is 32.2. The Labute approximate surface area is 181 Å². The molecule has 0 radical (unpaired) electrons. The zero-order chi connectivity index (χ0) is 20.8. The highest BCUT2D eigenvalue weighted by Gasteiger charge is 2.19. The van der Waals surface area contributed by atoms with Gasteiger partial charge in [-0.25, -0.2) is 0 Å². The summed E-state index contributed by atoms with van der Waals surface area (Å²) in [6, 6.07) is 9.88. The Morgan fingerprint density at radius 3 is 2.93 bits per heavy atom. The first-order chi connectivity index (χ1) is 14.7. The van der Waals surface area contributed by atoms with E-state index in [1.54, 1.807) is 18.0 Å². The van der Waals surface area contributed by atoms with Crippen molar-refractivity contribution in [1.29, 1.82) is 0 Å². The van der Waals surface area contributed by atoms with E-state index >= 15 is 0 Å². The third-order valence-corrected chi connectivity index (χ3v) is 6.07. The molecular formula is C24H24N4OS. The lowest BCUT2D eigenvalue weighted by molar-refractivity contribution is 0.292. The molecular weight excluding hydrogens is 392 g/mol. The minimum Gasteiger partial charge on any atom is -0.486 e. The van der Waals surface area contributed by atoms with Crippen LogP contribution in [0.25, 0.3) is 5.69 Å². The molecule has 0 spiro atoms. The smallest absolute Gasteiger partial charge is 0.196 e. The van der Waals surface area contributed by atoms with Gasteiger partial charge in [-0.2, -0.15) is 0 Å². The van der Waals surface area contributed by atoms with Crippen LogP contribution in [0.5, 0.6) is 5.75 Å². The molecule has 0 fully saturated rings. The van der Waals surface area contributed by atoms with Gasteiger partial charge in [0.2, 0.25) is 0 Å².